The van der Waals surface area contributed by atoms with Crippen molar-refractivity contribution < 1.29 is 9.53 Å². The Balaban J connectivity index is 1.84. The highest BCUT2D eigenvalue weighted by Crippen LogP contribution is 2.14. The number of carbonyl (C=O) groups excluding carboxylic acids is 1. The number of nitrogens with zero attached hydrogens (tertiary/aromatic N) is 1. The Morgan fingerprint density at radius 2 is 2.19 bits per heavy atom. The summed E-state index contributed by atoms with van der Waals surface area (Å²) in [5.41, 5.74) is 6.76. The molecule has 0 spiro atoms. The molecule has 2 rings (SSSR count). The fourth-order valence-electron chi connectivity index (χ4n) is 1.82. The molecule has 0 bridgehead atoms. The maximum Gasteiger partial charge on any atom is 0.411 e. The molecule has 0 radical (unpaired) electrons. The van der Waals surface area contributed by atoms with E-state index in [-0.39, 0.29) is 12.3 Å². The lowest BCUT2D eigenvalue weighted by atomic mass is 10.2. The third-order valence-electron chi connectivity index (χ3n) is 2.74. The summed E-state index contributed by atoms with van der Waals surface area (Å²) in [5, 5.41) is 0. The van der Waals surface area contributed by atoms with E-state index in [1.54, 1.807) is 4.90 Å². The lowest BCUT2D eigenvalue weighted by molar-refractivity contribution is 0.0930. The van der Waals surface area contributed by atoms with E-state index in [1.807, 2.05) is 30.3 Å². The fourth-order valence-corrected chi connectivity index (χ4v) is 1.82. The van der Waals surface area contributed by atoms with Gasteiger partial charge in [0.15, 0.2) is 0 Å². The van der Waals surface area contributed by atoms with Gasteiger partial charge in [-0.15, -0.1) is 0 Å². The van der Waals surface area contributed by atoms with Crippen molar-refractivity contribution in [1.29, 1.82) is 0 Å². The van der Waals surface area contributed by atoms with Gasteiger partial charge in [-0.3, -0.25) is 4.90 Å². The summed E-state index contributed by atoms with van der Waals surface area (Å²) < 4.78 is 5.19. The predicted octanol–water partition coefficient (Wildman–Crippen LogP) is 1.70. The molecule has 1 aliphatic rings. The zero-order chi connectivity index (χ0) is 11.4. The maximum atomic E-state index is 11.7. The van der Waals surface area contributed by atoms with Crippen LogP contribution in [0.4, 0.5) is 4.79 Å². The quantitative estimate of drug-likeness (QED) is 0.825. The van der Waals surface area contributed by atoms with Gasteiger partial charge in [-0.2, -0.15) is 0 Å². The molecule has 86 valence electrons. The summed E-state index contributed by atoms with van der Waals surface area (Å²) in [5.74, 6) is 0. The molecule has 0 saturated carbocycles. The Morgan fingerprint density at radius 1 is 1.44 bits per heavy atom. The minimum absolute atomic E-state index is 0.178. The standard InChI is InChI=1S/C12H16N2O2/c13-11-7-4-8-14(11)12(15)16-9-10-5-2-1-3-6-10/h1-3,5-6,11H,4,7-9,13H2/t11-/m0/s1. The summed E-state index contributed by atoms with van der Waals surface area (Å²) in [6, 6.07) is 9.63. The number of ether oxygens (including phenoxy) is 1. The van der Waals surface area contributed by atoms with E-state index in [2.05, 4.69) is 0 Å². The van der Waals surface area contributed by atoms with Gasteiger partial charge in [-0.25, -0.2) is 4.79 Å². The van der Waals surface area contributed by atoms with Crippen LogP contribution in [0, 0.1) is 0 Å². The van der Waals surface area contributed by atoms with Gasteiger partial charge >= 0.3 is 6.09 Å². The van der Waals surface area contributed by atoms with Crippen LogP contribution < -0.4 is 5.73 Å². The molecule has 16 heavy (non-hydrogen) atoms. The van der Waals surface area contributed by atoms with Crippen LogP contribution in [-0.2, 0) is 11.3 Å². The highest BCUT2D eigenvalue weighted by molar-refractivity contribution is 5.68. The summed E-state index contributed by atoms with van der Waals surface area (Å²) >= 11 is 0. The van der Waals surface area contributed by atoms with E-state index < -0.39 is 0 Å². The SMILES string of the molecule is N[C@@H]1CCCN1C(=O)OCc1ccccc1. The van der Waals surface area contributed by atoms with Crippen LogP contribution in [0.15, 0.2) is 30.3 Å². The zero-order valence-corrected chi connectivity index (χ0v) is 9.13. The number of nitrogens with two attached hydrogens (primary N) is 1. The molecule has 0 aliphatic carbocycles. The largest absolute Gasteiger partial charge is 0.445 e. The first-order valence-electron chi connectivity index (χ1n) is 5.50. The van der Waals surface area contributed by atoms with E-state index >= 15 is 0 Å². The number of hydrogen-bond acceptors (Lipinski definition) is 3. The fraction of sp³-hybridized carbons (Fsp3) is 0.417. The van der Waals surface area contributed by atoms with Gasteiger partial charge in [0, 0.05) is 6.54 Å². The summed E-state index contributed by atoms with van der Waals surface area (Å²) in [4.78, 5) is 13.2. The summed E-state index contributed by atoms with van der Waals surface area (Å²) in [6.07, 6.45) is 1.33. The van der Waals surface area contributed by atoms with Crippen molar-refractivity contribution >= 4 is 6.09 Å². The minimum atomic E-state index is -0.311. The van der Waals surface area contributed by atoms with E-state index in [0.29, 0.717) is 13.2 Å². The molecule has 2 N–H and O–H groups in total. The molecule has 1 aliphatic heterocycles. The van der Waals surface area contributed by atoms with Gasteiger partial charge in [0.25, 0.3) is 0 Å². The number of amides is 1. The van der Waals surface area contributed by atoms with Crippen LogP contribution in [0.3, 0.4) is 0 Å². The summed E-state index contributed by atoms with van der Waals surface area (Å²) in [6.45, 7) is 1.01. The van der Waals surface area contributed by atoms with Crippen LogP contribution in [-0.4, -0.2) is 23.7 Å². The van der Waals surface area contributed by atoms with Gasteiger partial charge in [0.1, 0.15) is 6.61 Å². The van der Waals surface area contributed by atoms with Crippen molar-refractivity contribution in [1.82, 2.24) is 4.90 Å². The van der Waals surface area contributed by atoms with Gasteiger partial charge < -0.3 is 10.5 Å². The molecule has 4 nitrogen and oxygen atoms in total. The Labute approximate surface area is 95.0 Å². The average Bonchev–Trinajstić information content (AvgIpc) is 2.74. The molecular weight excluding hydrogens is 204 g/mol. The van der Waals surface area contributed by atoms with Gasteiger partial charge in [-0.05, 0) is 18.4 Å². The van der Waals surface area contributed by atoms with Crippen LogP contribution in [0.2, 0.25) is 0 Å². The number of hydrogen-bond donors (Lipinski definition) is 1. The van der Waals surface area contributed by atoms with Gasteiger partial charge in [-0.1, -0.05) is 30.3 Å². The molecule has 0 unspecified atom stereocenters. The van der Waals surface area contributed by atoms with E-state index in [9.17, 15) is 4.79 Å². The van der Waals surface area contributed by atoms with Crippen molar-refractivity contribution in [2.24, 2.45) is 5.73 Å². The smallest absolute Gasteiger partial charge is 0.411 e. The average molecular weight is 220 g/mol. The van der Waals surface area contributed by atoms with Crippen molar-refractivity contribution in [3.8, 4) is 0 Å². The maximum absolute atomic E-state index is 11.7. The van der Waals surface area contributed by atoms with E-state index in [1.165, 1.54) is 0 Å². The zero-order valence-electron chi connectivity index (χ0n) is 9.13. The minimum Gasteiger partial charge on any atom is -0.445 e. The Bertz CT molecular complexity index is 353. The predicted molar refractivity (Wildman–Crippen MR) is 60.5 cm³/mol. The lowest BCUT2D eigenvalue weighted by Gasteiger charge is -2.20. The molecule has 0 aromatic heterocycles. The third kappa shape index (κ3) is 2.52. The first kappa shape index (κ1) is 11.0. The van der Waals surface area contributed by atoms with Crippen molar-refractivity contribution in [3.05, 3.63) is 35.9 Å². The number of benzene rings is 1. The summed E-state index contributed by atoms with van der Waals surface area (Å²) in [7, 11) is 0. The second-order valence-electron chi connectivity index (χ2n) is 3.94. The molecule has 1 aromatic rings. The highest BCUT2D eigenvalue weighted by Gasteiger charge is 2.26. The van der Waals surface area contributed by atoms with E-state index in [4.69, 9.17) is 10.5 Å². The lowest BCUT2D eigenvalue weighted by Crippen LogP contribution is -2.41. The Kier molecular flexibility index (Phi) is 3.41. The number of carbonyl (C=O) groups is 1. The number of likely N-dealkylation sites (tertiary alicyclic amines) is 1. The molecule has 1 fully saturated rings. The molecule has 4 heteroatoms. The first-order chi connectivity index (χ1) is 7.77. The second kappa shape index (κ2) is 4.99. The molecule has 1 aromatic carbocycles. The monoisotopic (exact) mass is 220 g/mol. The molecular formula is C12H16N2O2. The van der Waals surface area contributed by atoms with E-state index in [0.717, 1.165) is 18.4 Å². The molecule has 1 amide bonds. The van der Waals surface area contributed by atoms with Crippen molar-refractivity contribution in [3.63, 3.8) is 0 Å². The molecule has 1 heterocycles. The van der Waals surface area contributed by atoms with Crippen LogP contribution in [0.1, 0.15) is 18.4 Å². The molecule has 1 atom stereocenters. The van der Waals surface area contributed by atoms with Gasteiger partial charge in [0.2, 0.25) is 0 Å². The van der Waals surface area contributed by atoms with Crippen LogP contribution in [0.25, 0.3) is 0 Å². The second-order valence-corrected chi connectivity index (χ2v) is 3.94. The normalized spacial score (nSPS) is 19.8. The van der Waals surface area contributed by atoms with Crippen molar-refractivity contribution in [2.45, 2.75) is 25.6 Å². The Morgan fingerprint density at radius 3 is 2.81 bits per heavy atom. The highest BCUT2D eigenvalue weighted by atomic mass is 16.6. The Hall–Kier alpha value is -1.55. The third-order valence-corrected chi connectivity index (χ3v) is 2.74. The number of rotatable bonds is 2. The van der Waals surface area contributed by atoms with Crippen LogP contribution in [0.5, 0.6) is 0 Å². The topological polar surface area (TPSA) is 55.6 Å². The molecule has 1 saturated heterocycles. The van der Waals surface area contributed by atoms with Gasteiger partial charge in [0.05, 0.1) is 6.17 Å². The van der Waals surface area contributed by atoms with Crippen LogP contribution >= 0.6 is 0 Å². The van der Waals surface area contributed by atoms with Crippen molar-refractivity contribution in [2.75, 3.05) is 6.54 Å². The first-order valence-corrected chi connectivity index (χ1v) is 5.50.